The molecular formula is C13H18N4O. The van der Waals surface area contributed by atoms with Gasteiger partial charge in [-0.15, -0.1) is 0 Å². The predicted molar refractivity (Wildman–Crippen MR) is 73.1 cm³/mol. The average molecular weight is 246 g/mol. The number of nitrogen functional groups attached to an aromatic ring is 1. The normalized spacial score (nSPS) is 10.7. The summed E-state index contributed by atoms with van der Waals surface area (Å²) in [6.07, 6.45) is 3.73. The van der Waals surface area contributed by atoms with Crippen molar-refractivity contribution in [3.8, 4) is 5.75 Å². The maximum Gasteiger partial charge on any atom is 0.144 e. The first-order chi connectivity index (χ1) is 8.56. The lowest BCUT2D eigenvalue weighted by Crippen LogP contribution is -2.08. The Kier molecular flexibility index (Phi) is 3.41. The zero-order valence-electron chi connectivity index (χ0n) is 10.8. The fourth-order valence-corrected chi connectivity index (χ4v) is 1.65. The number of para-hydroxylation sites is 1. The van der Waals surface area contributed by atoms with E-state index in [2.05, 4.69) is 10.4 Å². The molecule has 0 amide bonds. The van der Waals surface area contributed by atoms with Crippen molar-refractivity contribution in [1.29, 1.82) is 0 Å². The third kappa shape index (κ3) is 2.74. The summed E-state index contributed by atoms with van der Waals surface area (Å²) in [4.78, 5) is 0. The molecule has 0 unspecified atom stereocenters. The van der Waals surface area contributed by atoms with Crippen LogP contribution >= 0.6 is 0 Å². The van der Waals surface area contributed by atoms with Crippen LogP contribution in [0.3, 0.4) is 0 Å². The van der Waals surface area contributed by atoms with Crippen LogP contribution in [0.4, 0.5) is 17.1 Å². The molecule has 0 aliphatic carbocycles. The molecule has 0 bridgehead atoms. The Balaban J connectivity index is 2.23. The molecular weight excluding hydrogens is 228 g/mol. The second-order valence-electron chi connectivity index (χ2n) is 4.41. The molecule has 0 spiro atoms. The van der Waals surface area contributed by atoms with E-state index in [1.165, 1.54) is 0 Å². The summed E-state index contributed by atoms with van der Waals surface area (Å²) in [5, 5.41) is 7.31. The predicted octanol–water partition coefficient (Wildman–Crippen LogP) is 2.53. The Morgan fingerprint density at radius 3 is 2.78 bits per heavy atom. The number of aromatic nitrogens is 2. The standard InChI is InChI=1S/C13H18N4O/c1-9(2)18-12-6-4-5-11(13(12)14)16-10-7-15-17(3)8-10/h4-9,16H,14H2,1-3H3. The lowest BCUT2D eigenvalue weighted by atomic mass is 10.2. The molecule has 2 aromatic rings. The molecule has 5 heteroatoms. The van der Waals surface area contributed by atoms with Crippen LogP contribution in [-0.4, -0.2) is 15.9 Å². The average Bonchev–Trinajstić information content (AvgIpc) is 2.69. The van der Waals surface area contributed by atoms with Gasteiger partial charge >= 0.3 is 0 Å². The van der Waals surface area contributed by atoms with Crippen LogP contribution in [0, 0.1) is 0 Å². The highest BCUT2D eigenvalue weighted by molar-refractivity contribution is 5.77. The number of benzene rings is 1. The minimum atomic E-state index is 0.0981. The molecule has 0 fully saturated rings. The summed E-state index contributed by atoms with van der Waals surface area (Å²) in [7, 11) is 1.87. The summed E-state index contributed by atoms with van der Waals surface area (Å²) in [5.74, 6) is 0.693. The largest absolute Gasteiger partial charge is 0.489 e. The zero-order chi connectivity index (χ0) is 13.1. The Hall–Kier alpha value is -2.17. The van der Waals surface area contributed by atoms with Gasteiger partial charge in [-0.05, 0) is 26.0 Å². The van der Waals surface area contributed by atoms with Crippen molar-refractivity contribution in [2.75, 3.05) is 11.1 Å². The molecule has 1 aromatic heterocycles. The number of rotatable bonds is 4. The van der Waals surface area contributed by atoms with Gasteiger partial charge in [0.2, 0.25) is 0 Å². The second-order valence-corrected chi connectivity index (χ2v) is 4.41. The maximum absolute atomic E-state index is 6.07. The fraction of sp³-hybridized carbons (Fsp3) is 0.308. The number of anilines is 3. The Labute approximate surface area is 107 Å². The van der Waals surface area contributed by atoms with Gasteiger partial charge < -0.3 is 15.8 Å². The Bertz CT molecular complexity index is 534. The molecule has 96 valence electrons. The number of nitrogens with zero attached hydrogens (tertiary/aromatic N) is 2. The maximum atomic E-state index is 6.07. The van der Waals surface area contributed by atoms with Crippen LogP contribution in [0.2, 0.25) is 0 Å². The molecule has 0 aliphatic rings. The van der Waals surface area contributed by atoms with Crippen LogP contribution in [0.25, 0.3) is 0 Å². The van der Waals surface area contributed by atoms with Crippen molar-refractivity contribution in [2.24, 2.45) is 7.05 Å². The van der Waals surface area contributed by atoms with E-state index in [0.29, 0.717) is 11.4 Å². The highest BCUT2D eigenvalue weighted by Gasteiger charge is 2.08. The summed E-state index contributed by atoms with van der Waals surface area (Å²) in [5.41, 5.74) is 8.39. The van der Waals surface area contributed by atoms with Gasteiger partial charge in [0.15, 0.2) is 0 Å². The van der Waals surface area contributed by atoms with Crippen LogP contribution in [0.5, 0.6) is 5.75 Å². The summed E-state index contributed by atoms with van der Waals surface area (Å²) >= 11 is 0. The molecule has 1 heterocycles. The van der Waals surface area contributed by atoms with E-state index in [1.54, 1.807) is 10.9 Å². The first-order valence-corrected chi connectivity index (χ1v) is 5.87. The first kappa shape index (κ1) is 12.3. The first-order valence-electron chi connectivity index (χ1n) is 5.87. The molecule has 2 rings (SSSR count). The number of nitrogens with two attached hydrogens (primary N) is 1. The van der Waals surface area contributed by atoms with Gasteiger partial charge in [-0.2, -0.15) is 5.10 Å². The SMILES string of the molecule is CC(C)Oc1cccc(Nc2cnn(C)c2)c1N. The van der Waals surface area contributed by atoms with E-state index in [1.807, 2.05) is 45.3 Å². The summed E-state index contributed by atoms with van der Waals surface area (Å²) in [6, 6.07) is 5.69. The minimum absolute atomic E-state index is 0.0981. The van der Waals surface area contributed by atoms with E-state index in [-0.39, 0.29) is 6.10 Å². The van der Waals surface area contributed by atoms with Crippen molar-refractivity contribution >= 4 is 17.1 Å². The number of hydrogen-bond donors (Lipinski definition) is 2. The topological polar surface area (TPSA) is 65.1 Å². The minimum Gasteiger partial charge on any atom is -0.489 e. The molecule has 0 aliphatic heterocycles. The van der Waals surface area contributed by atoms with Gasteiger partial charge in [0.25, 0.3) is 0 Å². The third-order valence-corrected chi connectivity index (χ3v) is 2.41. The lowest BCUT2D eigenvalue weighted by molar-refractivity contribution is 0.244. The van der Waals surface area contributed by atoms with Crippen LogP contribution in [0.1, 0.15) is 13.8 Å². The lowest BCUT2D eigenvalue weighted by Gasteiger charge is -2.15. The molecule has 0 saturated heterocycles. The number of nitrogens with one attached hydrogen (secondary N) is 1. The van der Waals surface area contributed by atoms with Crippen LogP contribution in [0.15, 0.2) is 30.6 Å². The quantitative estimate of drug-likeness (QED) is 0.814. The van der Waals surface area contributed by atoms with Gasteiger partial charge in [0, 0.05) is 13.2 Å². The highest BCUT2D eigenvalue weighted by atomic mass is 16.5. The molecule has 3 N–H and O–H groups in total. The van der Waals surface area contributed by atoms with E-state index in [0.717, 1.165) is 11.4 Å². The Morgan fingerprint density at radius 2 is 2.17 bits per heavy atom. The summed E-state index contributed by atoms with van der Waals surface area (Å²) in [6.45, 7) is 3.95. The van der Waals surface area contributed by atoms with Crippen LogP contribution in [-0.2, 0) is 7.05 Å². The van der Waals surface area contributed by atoms with Crippen LogP contribution < -0.4 is 15.8 Å². The van der Waals surface area contributed by atoms with Gasteiger partial charge in [0.1, 0.15) is 5.75 Å². The molecule has 18 heavy (non-hydrogen) atoms. The van der Waals surface area contributed by atoms with Gasteiger partial charge in [-0.25, -0.2) is 0 Å². The van der Waals surface area contributed by atoms with E-state index in [9.17, 15) is 0 Å². The van der Waals surface area contributed by atoms with Gasteiger partial charge in [0.05, 0.1) is 29.4 Å². The molecule has 0 saturated carbocycles. The van der Waals surface area contributed by atoms with Gasteiger partial charge in [-0.1, -0.05) is 6.07 Å². The molecule has 5 nitrogen and oxygen atoms in total. The Morgan fingerprint density at radius 1 is 1.39 bits per heavy atom. The van der Waals surface area contributed by atoms with E-state index in [4.69, 9.17) is 10.5 Å². The fourth-order valence-electron chi connectivity index (χ4n) is 1.65. The van der Waals surface area contributed by atoms with Crippen molar-refractivity contribution < 1.29 is 4.74 Å². The molecule has 0 radical (unpaired) electrons. The number of hydrogen-bond acceptors (Lipinski definition) is 4. The number of ether oxygens (including phenoxy) is 1. The van der Waals surface area contributed by atoms with Crippen molar-refractivity contribution in [2.45, 2.75) is 20.0 Å². The number of aryl methyl sites for hydroxylation is 1. The second kappa shape index (κ2) is 5.00. The monoisotopic (exact) mass is 246 g/mol. The van der Waals surface area contributed by atoms with E-state index >= 15 is 0 Å². The molecule has 1 aromatic carbocycles. The van der Waals surface area contributed by atoms with Crippen molar-refractivity contribution in [1.82, 2.24) is 9.78 Å². The highest BCUT2D eigenvalue weighted by Crippen LogP contribution is 2.31. The van der Waals surface area contributed by atoms with Crippen molar-refractivity contribution in [3.05, 3.63) is 30.6 Å². The smallest absolute Gasteiger partial charge is 0.144 e. The summed E-state index contributed by atoms with van der Waals surface area (Å²) < 4.78 is 7.37. The van der Waals surface area contributed by atoms with Gasteiger partial charge in [-0.3, -0.25) is 4.68 Å². The van der Waals surface area contributed by atoms with E-state index < -0.39 is 0 Å². The van der Waals surface area contributed by atoms with Crippen molar-refractivity contribution in [3.63, 3.8) is 0 Å². The molecule has 0 atom stereocenters. The third-order valence-electron chi connectivity index (χ3n) is 2.41. The zero-order valence-corrected chi connectivity index (χ0v) is 10.8.